The molecule has 1 fully saturated rings. The summed E-state index contributed by atoms with van der Waals surface area (Å²) in [7, 11) is -3.80. The van der Waals surface area contributed by atoms with E-state index in [9.17, 15) is 12.8 Å². The van der Waals surface area contributed by atoms with Crippen molar-refractivity contribution in [2.24, 2.45) is 0 Å². The van der Waals surface area contributed by atoms with Gasteiger partial charge in [-0.1, -0.05) is 35.5 Å². The van der Waals surface area contributed by atoms with Gasteiger partial charge in [0.25, 0.3) is 0 Å². The van der Waals surface area contributed by atoms with Crippen molar-refractivity contribution in [3.05, 3.63) is 60.5 Å². The summed E-state index contributed by atoms with van der Waals surface area (Å²) in [5.74, 6) is -0.644. The molecule has 1 atom stereocenters. The Kier molecular flexibility index (Phi) is 5.33. The lowest BCUT2D eigenvalue weighted by molar-refractivity contribution is 0.321. The molecule has 2 aromatic carbocycles. The minimum atomic E-state index is -3.80. The van der Waals surface area contributed by atoms with Gasteiger partial charge in [0.05, 0.1) is 23.7 Å². The van der Waals surface area contributed by atoms with E-state index in [0.717, 1.165) is 17.3 Å². The fraction of sp³-hybridized carbons (Fsp3) is 0.300. The van der Waals surface area contributed by atoms with Crippen molar-refractivity contribution in [2.45, 2.75) is 24.3 Å². The van der Waals surface area contributed by atoms with Gasteiger partial charge in [-0.2, -0.15) is 4.31 Å². The number of halogens is 1. The Balaban J connectivity index is 1.51. The van der Waals surface area contributed by atoms with Crippen LogP contribution >= 0.6 is 0 Å². The Hall–Kier alpha value is -2.78. The van der Waals surface area contributed by atoms with Crippen molar-refractivity contribution in [3.8, 4) is 17.0 Å². The minimum absolute atomic E-state index is 0.0433. The summed E-state index contributed by atoms with van der Waals surface area (Å²) in [6.45, 7) is 2.64. The fourth-order valence-corrected chi connectivity index (χ4v) is 4.91. The van der Waals surface area contributed by atoms with Gasteiger partial charge in [0.1, 0.15) is 5.69 Å². The molecular weight excluding hydrogens is 395 g/mol. The van der Waals surface area contributed by atoms with E-state index in [0.29, 0.717) is 19.6 Å². The number of hydrogen-bond donors (Lipinski definition) is 0. The Bertz CT molecular complexity index is 1100. The van der Waals surface area contributed by atoms with Crippen LogP contribution in [0.1, 0.15) is 19.4 Å². The molecule has 0 unspecified atom stereocenters. The first kappa shape index (κ1) is 19.5. The smallest absolute Gasteiger partial charge is 0.243 e. The van der Waals surface area contributed by atoms with Crippen LogP contribution in [0.15, 0.2) is 59.6 Å². The monoisotopic (exact) mass is 416 g/mol. The van der Waals surface area contributed by atoms with Gasteiger partial charge in [-0.05, 0) is 31.5 Å². The van der Waals surface area contributed by atoms with Gasteiger partial charge >= 0.3 is 0 Å². The minimum Gasteiger partial charge on any atom is -0.491 e. The van der Waals surface area contributed by atoms with Gasteiger partial charge in [0.2, 0.25) is 10.0 Å². The summed E-state index contributed by atoms with van der Waals surface area (Å²) < 4.78 is 48.2. The number of ether oxygens (including phenoxy) is 1. The number of aromatic nitrogens is 3. The van der Waals surface area contributed by atoms with Crippen molar-refractivity contribution in [1.82, 2.24) is 19.3 Å². The molecule has 1 saturated heterocycles. The van der Waals surface area contributed by atoms with Crippen LogP contribution < -0.4 is 4.74 Å². The van der Waals surface area contributed by atoms with Gasteiger partial charge in [-0.3, -0.25) is 0 Å². The lowest BCUT2D eigenvalue weighted by atomic mass is 10.2. The Morgan fingerprint density at radius 2 is 2.00 bits per heavy atom. The van der Waals surface area contributed by atoms with Gasteiger partial charge in [0, 0.05) is 18.7 Å². The molecule has 2 heterocycles. The first-order valence-electron chi connectivity index (χ1n) is 9.39. The van der Waals surface area contributed by atoms with Crippen molar-refractivity contribution in [3.63, 3.8) is 0 Å². The van der Waals surface area contributed by atoms with Crippen molar-refractivity contribution >= 4 is 10.0 Å². The molecule has 1 aliphatic rings. The third kappa shape index (κ3) is 3.88. The molecule has 0 aliphatic carbocycles. The molecule has 1 aromatic heterocycles. The molecule has 0 spiro atoms. The highest BCUT2D eigenvalue weighted by molar-refractivity contribution is 7.89. The van der Waals surface area contributed by atoms with Gasteiger partial charge < -0.3 is 4.74 Å². The fourth-order valence-electron chi connectivity index (χ4n) is 3.40. The molecule has 0 saturated carbocycles. The second-order valence-electron chi connectivity index (χ2n) is 6.78. The standard InChI is InChI=1S/C20H21FN4O3S/c1-2-28-20-9-8-17(12-18(20)21)29(26,27)24-11-10-16(13-24)25-14-19(22-23-25)15-6-4-3-5-7-15/h3-9,12,14,16H,2,10-11,13H2,1H3/t16-/m0/s1. The zero-order valence-electron chi connectivity index (χ0n) is 15.9. The number of nitrogens with zero attached hydrogens (tertiary/aromatic N) is 4. The van der Waals surface area contributed by atoms with E-state index in [1.165, 1.54) is 16.4 Å². The van der Waals surface area contributed by atoms with Crippen LogP contribution in [0.5, 0.6) is 5.75 Å². The van der Waals surface area contributed by atoms with Gasteiger partial charge in [0.15, 0.2) is 11.6 Å². The highest BCUT2D eigenvalue weighted by Crippen LogP contribution is 2.29. The largest absolute Gasteiger partial charge is 0.491 e. The van der Waals surface area contributed by atoms with Crippen LogP contribution in [0.25, 0.3) is 11.3 Å². The molecule has 1 aliphatic heterocycles. The summed E-state index contributed by atoms with van der Waals surface area (Å²) in [6, 6.07) is 13.3. The number of sulfonamides is 1. The van der Waals surface area contributed by atoms with Crippen molar-refractivity contribution < 1.29 is 17.5 Å². The van der Waals surface area contributed by atoms with E-state index >= 15 is 0 Å². The predicted molar refractivity (Wildman–Crippen MR) is 105 cm³/mol. The molecule has 9 heteroatoms. The number of benzene rings is 2. The Morgan fingerprint density at radius 1 is 1.21 bits per heavy atom. The number of hydrogen-bond acceptors (Lipinski definition) is 5. The van der Waals surface area contributed by atoms with Gasteiger partial charge in [-0.25, -0.2) is 17.5 Å². The second-order valence-corrected chi connectivity index (χ2v) is 8.72. The zero-order valence-corrected chi connectivity index (χ0v) is 16.7. The van der Waals surface area contributed by atoms with Crippen molar-refractivity contribution in [1.29, 1.82) is 0 Å². The summed E-state index contributed by atoms with van der Waals surface area (Å²) in [5, 5.41) is 8.38. The average Bonchev–Trinajstić information content (AvgIpc) is 3.40. The Morgan fingerprint density at radius 3 is 2.72 bits per heavy atom. The molecule has 3 aromatic rings. The van der Waals surface area contributed by atoms with Crippen LogP contribution in [-0.4, -0.2) is 47.4 Å². The van der Waals surface area contributed by atoms with Crippen LogP contribution in [0.3, 0.4) is 0 Å². The third-order valence-corrected chi connectivity index (χ3v) is 6.78. The van der Waals surface area contributed by atoms with Crippen LogP contribution in [0, 0.1) is 5.82 Å². The molecule has 152 valence electrons. The molecule has 0 bridgehead atoms. The van der Waals surface area contributed by atoms with Crippen LogP contribution in [-0.2, 0) is 10.0 Å². The normalized spacial score (nSPS) is 17.5. The summed E-state index contributed by atoms with van der Waals surface area (Å²) in [5.41, 5.74) is 1.69. The SMILES string of the molecule is CCOc1ccc(S(=O)(=O)N2CC[C@H](n3cc(-c4ccccc4)nn3)C2)cc1F. The van der Waals surface area contributed by atoms with E-state index in [4.69, 9.17) is 4.74 Å². The maximum Gasteiger partial charge on any atom is 0.243 e. The van der Waals surface area contributed by atoms with Crippen molar-refractivity contribution in [2.75, 3.05) is 19.7 Å². The van der Waals surface area contributed by atoms with Gasteiger partial charge in [-0.15, -0.1) is 5.10 Å². The second kappa shape index (κ2) is 7.92. The maximum atomic E-state index is 14.1. The molecule has 7 nitrogen and oxygen atoms in total. The molecule has 0 amide bonds. The predicted octanol–water partition coefficient (Wildman–Crippen LogP) is 3.12. The molecule has 0 radical (unpaired) electrons. The Labute approximate surface area is 168 Å². The zero-order chi connectivity index (χ0) is 20.4. The quantitative estimate of drug-likeness (QED) is 0.617. The average molecular weight is 416 g/mol. The van der Waals surface area contributed by atoms with Crippen LogP contribution in [0.4, 0.5) is 4.39 Å². The highest BCUT2D eigenvalue weighted by Gasteiger charge is 2.34. The summed E-state index contributed by atoms with van der Waals surface area (Å²) in [4.78, 5) is -0.0809. The topological polar surface area (TPSA) is 77.3 Å². The first-order chi connectivity index (χ1) is 14.0. The summed E-state index contributed by atoms with van der Waals surface area (Å²) >= 11 is 0. The van der Waals surface area contributed by atoms with E-state index in [1.54, 1.807) is 11.6 Å². The van der Waals surface area contributed by atoms with E-state index in [-0.39, 0.29) is 23.2 Å². The molecule has 29 heavy (non-hydrogen) atoms. The lowest BCUT2D eigenvalue weighted by Gasteiger charge is -2.17. The molecular formula is C20H21FN4O3S. The van der Waals surface area contributed by atoms with E-state index in [1.807, 2.05) is 36.5 Å². The number of rotatable bonds is 6. The van der Waals surface area contributed by atoms with Crippen LogP contribution in [0.2, 0.25) is 0 Å². The van der Waals surface area contributed by atoms with E-state index in [2.05, 4.69) is 10.3 Å². The third-order valence-electron chi connectivity index (χ3n) is 4.92. The lowest BCUT2D eigenvalue weighted by Crippen LogP contribution is -2.29. The van der Waals surface area contributed by atoms with E-state index < -0.39 is 15.8 Å². The highest BCUT2D eigenvalue weighted by atomic mass is 32.2. The molecule has 4 rings (SSSR count). The maximum absolute atomic E-state index is 14.1. The first-order valence-corrected chi connectivity index (χ1v) is 10.8. The molecule has 0 N–H and O–H groups in total. The summed E-state index contributed by atoms with van der Waals surface area (Å²) in [6.07, 6.45) is 2.43.